The average molecular weight is 420 g/mol. The number of nitrogens with one attached hydrogen (secondary N) is 2. The maximum atomic E-state index is 13.1. The fourth-order valence-electron chi connectivity index (χ4n) is 3.95. The van der Waals surface area contributed by atoms with Crippen LogP contribution < -0.4 is 15.5 Å². The number of hydrogen-bond acceptors (Lipinski definition) is 3. The summed E-state index contributed by atoms with van der Waals surface area (Å²) in [6, 6.07) is 20.0. The third kappa shape index (κ3) is 5.40. The first-order valence-electron chi connectivity index (χ1n) is 10.6. The van der Waals surface area contributed by atoms with Gasteiger partial charge in [-0.25, -0.2) is 4.39 Å². The summed E-state index contributed by atoms with van der Waals surface area (Å²) in [6.45, 7) is 2.64. The quantitative estimate of drug-likeness (QED) is 0.613. The minimum atomic E-state index is -0.237. The first kappa shape index (κ1) is 20.8. The van der Waals surface area contributed by atoms with E-state index in [-0.39, 0.29) is 24.1 Å². The highest BCUT2D eigenvalue weighted by Gasteiger charge is 2.23. The lowest BCUT2D eigenvalue weighted by molar-refractivity contribution is -0.121. The number of nitrogens with zero attached hydrogens (tertiary/aromatic N) is 1. The Morgan fingerprint density at radius 1 is 0.968 bits per heavy atom. The standard InChI is InChI=1S/C25H26FN3O2/c26-22-7-9-23(10-8-22)29-14-12-18(17-29)16-28-24(30)11-13-27-25(31)21-6-5-19-3-1-2-4-20(19)15-21/h1-10,15,18H,11-14,16-17H2,(H,27,31)(H,28,30). The molecule has 1 aliphatic heterocycles. The zero-order valence-corrected chi connectivity index (χ0v) is 17.3. The molecule has 160 valence electrons. The van der Waals surface area contributed by atoms with Gasteiger partial charge in [-0.3, -0.25) is 9.59 Å². The molecule has 1 saturated heterocycles. The Kier molecular flexibility index (Phi) is 6.46. The molecule has 2 N–H and O–H groups in total. The van der Waals surface area contributed by atoms with Crippen molar-refractivity contribution < 1.29 is 14.0 Å². The largest absolute Gasteiger partial charge is 0.371 e. The summed E-state index contributed by atoms with van der Waals surface area (Å²) in [5, 5.41) is 7.88. The number of halogens is 1. The minimum Gasteiger partial charge on any atom is -0.371 e. The van der Waals surface area contributed by atoms with Crippen molar-refractivity contribution in [3.05, 3.63) is 78.1 Å². The van der Waals surface area contributed by atoms with Crippen LogP contribution in [0.2, 0.25) is 0 Å². The molecule has 1 fully saturated rings. The van der Waals surface area contributed by atoms with Crippen molar-refractivity contribution in [1.82, 2.24) is 10.6 Å². The molecule has 31 heavy (non-hydrogen) atoms. The minimum absolute atomic E-state index is 0.0703. The van der Waals surface area contributed by atoms with Crippen LogP contribution in [0.4, 0.5) is 10.1 Å². The normalized spacial score (nSPS) is 15.8. The highest BCUT2D eigenvalue weighted by atomic mass is 19.1. The Morgan fingerprint density at radius 2 is 1.74 bits per heavy atom. The van der Waals surface area contributed by atoms with Crippen LogP contribution in [0.3, 0.4) is 0 Å². The molecular formula is C25H26FN3O2. The van der Waals surface area contributed by atoms with Gasteiger partial charge in [0.15, 0.2) is 0 Å². The van der Waals surface area contributed by atoms with E-state index in [4.69, 9.17) is 0 Å². The SMILES string of the molecule is O=C(CCNC(=O)c1ccc2ccccc2c1)NCC1CCN(c2ccc(F)cc2)C1. The second kappa shape index (κ2) is 9.60. The molecule has 0 radical (unpaired) electrons. The van der Waals surface area contributed by atoms with E-state index in [1.807, 2.05) is 36.4 Å². The van der Waals surface area contributed by atoms with Gasteiger partial charge in [0.05, 0.1) is 0 Å². The number of hydrogen-bond donors (Lipinski definition) is 2. The predicted molar refractivity (Wildman–Crippen MR) is 121 cm³/mol. The molecule has 1 unspecified atom stereocenters. The van der Waals surface area contributed by atoms with E-state index in [9.17, 15) is 14.0 Å². The number of benzene rings is 3. The summed E-state index contributed by atoms with van der Waals surface area (Å²) in [4.78, 5) is 26.7. The van der Waals surface area contributed by atoms with Crippen LogP contribution in [-0.4, -0.2) is 38.0 Å². The lowest BCUT2D eigenvalue weighted by Gasteiger charge is -2.18. The maximum Gasteiger partial charge on any atom is 0.251 e. The van der Waals surface area contributed by atoms with Gasteiger partial charge in [0.1, 0.15) is 5.82 Å². The van der Waals surface area contributed by atoms with Gasteiger partial charge in [-0.2, -0.15) is 0 Å². The molecule has 4 rings (SSSR count). The Balaban J connectivity index is 1.17. The van der Waals surface area contributed by atoms with Crippen LogP contribution in [0.5, 0.6) is 0 Å². The summed E-state index contributed by atoms with van der Waals surface area (Å²) in [7, 11) is 0. The van der Waals surface area contributed by atoms with Crippen LogP contribution in [0.25, 0.3) is 10.8 Å². The maximum absolute atomic E-state index is 13.1. The van der Waals surface area contributed by atoms with E-state index in [2.05, 4.69) is 15.5 Å². The first-order valence-corrected chi connectivity index (χ1v) is 10.6. The first-order chi connectivity index (χ1) is 15.1. The van der Waals surface area contributed by atoms with Gasteiger partial charge >= 0.3 is 0 Å². The molecule has 1 heterocycles. The van der Waals surface area contributed by atoms with Gasteiger partial charge in [0.25, 0.3) is 5.91 Å². The fraction of sp³-hybridized carbons (Fsp3) is 0.280. The molecule has 0 spiro atoms. The molecule has 0 bridgehead atoms. The number of fused-ring (bicyclic) bond motifs is 1. The smallest absolute Gasteiger partial charge is 0.251 e. The molecule has 3 aromatic carbocycles. The molecule has 5 nitrogen and oxygen atoms in total. The Labute approximate surface area is 181 Å². The lowest BCUT2D eigenvalue weighted by Crippen LogP contribution is -2.34. The summed E-state index contributed by atoms with van der Waals surface area (Å²) in [5.41, 5.74) is 1.59. The van der Waals surface area contributed by atoms with E-state index in [1.165, 1.54) is 12.1 Å². The van der Waals surface area contributed by atoms with Crippen LogP contribution >= 0.6 is 0 Å². The Morgan fingerprint density at radius 3 is 2.55 bits per heavy atom. The van der Waals surface area contributed by atoms with E-state index in [0.29, 0.717) is 24.6 Å². The van der Waals surface area contributed by atoms with Gasteiger partial charge in [-0.15, -0.1) is 0 Å². The van der Waals surface area contributed by atoms with Gasteiger partial charge in [-0.05, 0) is 59.5 Å². The summed E-state index contributed by atoms with van der Waals surface area (Å²) in [5.74, 6) is -0.121. The lowest BCUT2D eigenvalue weighted by atomic mass is 10.1. The molecule has 0 saturated carbocycles. The van der Waals surface area contributed by atoms with Crippen LogP contribution in [0.15, 0.2) is 66.7 Å². The predicted octanol–water partition coefficient (Wildman–Crippen LogP) is 3.74. The summed E-state index contributed by atoms with van der Waals surface area (Å²) in [6.07, 6.45) is 1.23. The van der Waals surface area contributed by atoms with Crippen molar-refractivity contribution in [2.24, 2.45) is 5.92 Å². The highest BCUT2D eigenvalue weighted by Crippen LogP contribution is 2.23. The van der Waals surface area contributed by atoms with Crippen LogP contribution in [0.1, 0.15) is 23.2 Å². The second-order valence-electron chi connectivity index (χ2n) is 7.95. The number of carbonyl (C=O) groups excluding carboxylic acids is 2. The average Bonchev–Trinajstić information content (AvgIpc) is 3.27. The second-order valence-corrected chi connectivity index (χ2v) is 7.95. The molecule has 3 aromatic rings. The van der Waals surface area contributed by atoms with Crippen molar-refractivity contribution in [2.75, 3.05) is 31.1 Å². The topological polar surface area (TPSA) is 61.4 Å². The fourth-order valence-corrected chi connectivity index (χ4v) is 3.95. The third-order valence-electron chi connectivity index (χ3n) is 5.71. The van der Waals surface area contributed by atoms with Gasteiger partial charge in [0.2, 0.25) is 5.91 Å². The summed E-state index contributed by atoms with van der Waals surface area (Å²) >= 11 is 0. The zero-order chi connectivity index (χ0) is 21.6. The Bertz CT molecular complexity index is 1070. The van der Waals surface area contributed by atoms with E-state index in [0.717, 1.165) is 36.0 Å². The number of anilines is 1. The number of amides is 2. The van der Waals surface area contributed by atoms with Crippen molar-refractivity contribution in [2.45, 2.75) is 12.8 Å². The van der Waals surface area contributed by atoms with Crippen molar-refractivity contribution in [3.8, 4) is 0 Å². The van der Waals surface area contributed by atoms with E-state index < -0.39 is 0 Å². The van der Waals surface area contributed by atoms with Gasteiger partial charge < -0.3 is 15.5 Å². The van der Waals surface area contributed by atoms with Crippen LogP contribution in [-0.2, 0) is 4.79 Å². The molecular weight excluding hydrogens is 393 g/mol. The van der Waals surface area contributed by atoms with Gasteiger partial charge in [0, 0.05) is 43.9 Å². The summed E-state index contributed by atoms with van der Waals surface area (Å²) < 4.78 is 13.1. The number of carbonyl (C=O) groups is 2. The number of rotatable bonds is 7. The molecule has 0 aromatic heterocycles. The van der Waals surface area contributed by atoms with Gasteiger partial charge in [-0.1, -0.05) is 30.3 Å². The van der Waals surface area contributed by atoms with E-state index in [1.54, 1.807) is 18.2 Å². The van der Waals surface area contributed by atoms with Crippen molar-refractivity contribution in [1.29, 1.82) is 0 Å². The molecule has 2 amide bonds. The highest BCUT2D eigenvalue weighted by molar-refractivity contribution is 5.98. The molecule has 1 aliphatic rings. The molecule has 1 atom stereocenters. The third-order valence-corrected chi connectivity index (χ3v) is 5.71. The van der Waals surface area contributed by atoms with E-state index >= 15 is 0 Å². The van der Waals surface area contributed by atoms with Crippen molar-refractivity contribution in [3.63, 3.8) is 0 Å². The van der Waals surface area contributed by atoms with Crippen LogP contribution in [0, 0.1) is 11.7 Å². The molecule has 0 aliphatic carbocycles. The zero-order valence-electron chi connectivity index (χ0n) is 17.3. The molecule has 6 heteroatoms. The Hall–Kier alpha value is -3.41. The van der Waals surface area contributed by atoms with Crippen molar-refractivity contribution >= 4 is 28.3 Å². The monoisotopic (exact) mass is 419 g/mol.